The van der Waals surface area contributed by atoms with E-state index in [-0.39, 0.29) is 11.8 Å². The van der Waals surface area contributed by atoms with E-state index in [0.717, 1.165) is 22.6 Å². The summed E-state index contributed by atoms with van der Waals surface area (Å²) in [6.45, 7) is 2.65. The SMILES string of the molecule is COc1cc(C2CNC(=O)C2)cc(OC)c1C. The maximum absolute atomic E-state index is 11.2. The van der Waals surface area contributed by atoms with Gasteiger partial charge in [-0.05, 0) is 24.6 Å². The first kappa shape index (κ1) is 11.8. The van der Waals surface area contributed by atoms with Crippen molar-refractivity contribution in [1.82, 2.24) is 5.32 Å². The molecule has 1 fully saturated rings. The van der Waals surface area contributed by atoms with Crippen LogP contribution in [0.2, 0.25) is 0 Å². The van der Waals surface area contributed by atoms with Crippen LogP contribution in [0.25, 0.3) is 0 Å². The number of hydrogen-bond donors (Lipinski definition) is 1. The van der Waals surface area contributed by atoms with E-state index in [1.54, 1.807) is 14.2 Å². The summed E-state index contributed by atoms with van der Waals surface area (Å²) in [7, 11) is 3.28. The predicted octanol–water partition coefficient (Wildman–Crippen LogP) is 1.62. The zero-order valence-corrected chi connectivity index (χ0v) is 10.4. The molecule has 4 nitrogen and oxygen atoms in total. The van der Waals surface area contributed by atoms with E-state index in [1.807, 2.05) is 19.1 Å². The van der Waals surface area contributed by atoms with Gasteiger partial charge in [0.05, 0.1) is 14.2 Å². The van der Waals surface area contributed by atoms with E-state index in [4.69, 9.17) is 9.47 Å². The molecule has 1 aromatic carbocycles. The second-order valence-corrected chi connectivity index (χ2v) is 4.26. The second-order valence-electron chi connectivity index (χ2n) is 4.26. The topological polar surface area (TPSA) is 47.6 Å². The number of amides is 1. The van der Waals surface area contributed by atoms with Crippen LogP contribution in [0.4, 0.5) is 0 Å². The highest BCUT2D eigenvalue weighted by molar-refractivity contribution is 5.79. The van der Waals surface area contributed by atoms with Gasteiger partial charge in [0.15, 0.2) is 0 Å². The van der Waals surface area contributed by atoms with Crippen molar-refractivity contribution < 1.29 is 14.3 Å². The number of nitrogens with one attached hydrogen (secondary N) is 1. The van der Waals surface area contributed by atoms with Crippen LogP contribution in [0.3, 0.4) is 0 Å². The smallest absolute Gasteiger partial charge is 0.220 e. The van der Waals surface area contributed by atoms with Crippen molar-refractivity contribution in [3.8, 4) is 11.5 Å². The first-order chi connectivity index (χ1) is 8.15. The molecule has 92 valence electrons. The van der Waals surface area contributed by atoms with Crippen LogP contribution >= 0.6 is 0 Å². The fraction of sp³-hybridized carbons (Fsp3) is 0.462. The maximum Gasteiger partial charge on any atom is 0.220 e. The van der Waals surface area contributed by atoms with Gasteiger partial charge in [-0.2, -0.15) is 0 Å². The summed E-state index contributed by atoms with van der Waals surface area (Å²) in [5.74, 6) is 1.93. The third kappa shape index (κ3) is 2.20. The van der Waals surface area contributed by atoms with Crippen molar-refractivity contribution in [2.24, 2.45) is 0 Å². The predicted molar refractivity (Wildman–Crippen MR) is 64.7 cm³/mol. The van der Waals surface area contributed by atoms with Crippen molar-refractivity contribution in [2.45, 2.75) is 19.3 Å². The molecule has 1 atom stereocenters. The molecular formula is C13H17NO3. The lowest BCUT2D eigenvalue weighted by molar-refractivity contribution is -0.119. The van der Waals surface area contributed by atoms with Gasteiger partial charge in [-0.15, -0.1) is 0 Å². The molecule has 0 saturated carbocycles. The third-order valence-corrected chi connectivity index (χ3v) is 3.22. The van der Waals surface area contributed by atoms with Crippen molar-refractivity contribution >= 4 is 5.91 Å². The molecule has 0 aromatic heterocycles. The zero-order valence-electron chi connectivity index (χ0n) is 10.4. The van der Waals surface area contributed by atoms with Crippen LogP contribution in [-0.2, 0) is 4.79 Å². The molecule has 1 unspecified atom stereocenters. The average molecular weight is 235 g/mol. The number of ether oxygens (including phenoxy) is 2. The largest absolute Gasteiger partial charge is 0.496 e. The Morgan fingerprint density at radius 3 is 2.24 bits per heavy atom. The lowest BCUT2D eigenvalue weighted by atomic mass is 9.96. The molecule has 4 heteroatoms. The number of methoxy groups -OCH3 is 2. The summed E-state index contributed by atoms with van der Waals surface area (Å²) in [6.07, 6.45) is 0.537. The summed E-state index contributed by atoms with van der Waals surface area (Å²) < 4.78 is 10.7. The Morgan fingerprint density at radius 2 is 1.82 bits per heavy atom. The van der Waals surface area contributed by atoms with Crippen molar-refractivity contribution in [3.63, 3.8) is 0 Å². The Labute approximate surface area is 101 Å². The Morgan fingerprint density at radius 1 is 1.24 bits per heavy atom. The lowest BCUT2D eigenvalue weighted by Crippen LogP contribution is -2.13. The molecule has 0 aliphatic carbocycles. The molecule has 1 heterocycles. The van der Waals surface area contributed by atoms with Gasteiger partial charge in [0.25, 0.3) is 0 Å². The Kier molecular flexibility index (Phi) is 3.22. The Bertz CT molecular complexity index is 417. The maximum atomic E-state index is 11.2. The van der Waals surface area contributed by atoms with E-state index in [9.17, 15) is 4.79 Å². The molecular weight excluding hydrogens is 218 g/mol. The van der Waals surface area contributed by atoms with Crippen molar-refractivity contribution in [1.29, 1.82) is 0 Å². The number of carbonyl (C=O) groups excluding carboxylic acids is 1. The normalized spacial score (nSPS) is 19.0. The molecule has 0 spiro atoms. The van der Waals surface area contributed by atoms with Gasteiger partial charge in [0.1, 0.15) is 11.5 Å². The zero-order chi connectivity index (χ0) is 12.4. The lowest BCUT2D eigenvalue weighted by Gasteiger charge is -2.15. The fourth-order valence-corrected chi connectivity index (χ4v) is 2.18. The van der Waals surface area contributed by atoms with Crippen LogP contribution in [0.5, 0.6) is 11.5 Å². The minimum Gasteiger partial charge on any atom is -0.496 e. The molecule has 1 saturated heterocycles. The quantitative estimate of drug-likeness (QED) is 0.866. The molecule has 0 bridgehead atoms. The van der Waals surface area contributed by atoms with E-state index in [1.165, 1.54) is 0 Å². The summed E-state index contributed by atoms with van der Waals surface area (Å²) in [4.78, 5) is 11.2. The molecule has 1 aliphatic heterocycles. The van der Waals surface area contributed by atoms with Crippen molar-refractivity contribution in [2.75, 3.05) is 20.8 Å². The van der Waals surface area contributed by atoms with Crippen LogP contribution in [0.15, 0.2) is 12.1 Å². The van der Waals surface area contributed by atoms with Gasteiger partial charge in [-0.25, -0.2) is 0 Å². The van der Waals surface area contributed by atoms with E-state index in [2.05, 4.69) is 5.32 Å². The highest BCUT2D eigenvalue weighted by Crippen LogP contribution is 2.34. The number of rotatable bonds is 3. The second kappa shape index (κ2) is 4.65. The van der Waals surface area contributed by atoms with Gasteiger partial charge in [0.2, 0.25) is 5.91 Å². The van der Waals surface area contributed by atoms with Gasteiger partial charge in [-0.1, -0.05) is 0 Å². The van der Waals surface area contributed by atoms with Crippen LogP contribution in [0, 0.1) is 6.92 Å². The van der Waals surface area contributed by atoms with Crippen LogP contribution < -0.4 is 14.8 Å². The molecule has 1 N–H and O–H groups in total. The highest BCUT2D eigenvalue weighted by atomic mass is 16.5. The van der Waals surface area contributed by atoms with E-state index >= 15 is 0 Å². The summed E-state index contributed by atoms with van der Waals surface area (Å²) >= 11 is 0. The minimum atomic E-state index is 0.105. The third-order valence-electron chi connectivity index (χ3n) is 3.22. The van der Waals surface area contributed by atoms with Gasteiger partial charge >= 0.3 is 0 Å². The molecule has 17 heavy (non-hydrogen) atoms. The molecule has 1 aromatic rings. The number of benzene rings is 1. The minimum absolute atomic E-state index is 0.105. The van der Waals surface area contributed by atoms with Gasteiger partial charge in [-0.3, -0.25) is 4.79 Å². The number of hydrogen-bond acceptors (Lipinski definition) is 3. The molecule has 2 rings (SSSR count). The standard InChI is InChI=1S/C13H17NO3/c1-8-11(16-2)4-9(5-12(8)17-3)10-6-13(15)14-7-10/h4-5,10H,6-7H2,1-3H3,(H,14,15). The summed E-state index contributed by atoms with van der Waals surface area (Å²) in [5.41, 5.74) is 2.07. The van der Waals surface area contributed by atoms with Crippen LogP contribution in [-0.4, -0.2) is 26.7 Å². The first-order valence-corrected chi connectivity index (χ1v) is 5.65. The first-order valence-electron chi connectivity index (χ1n) is 5.65. The summed E-state index contributed by atoms with van der Waals surface area (Å²) in [6, 6.07) is 3.98. The van der Waals surface area contributed by atoms with Gasteiger partial charge < -0.3 is 14.8 Å². The Hall–Kier alpha value is -1.71. The van der Waals surface area contributed by atoms with E-state index < -0.39 is 0 Å². The van der Waals surface area contributed by atoms with Gasteiger partial charge in [0, 0.05) is 24.4 Å². The highest BCUT2D eigenvalue weighted by Gasteiger charge is 2.24. The fourth-order valence-electron chi connectivity index (χ4n) is 2.18. The molecule has 1 aliphatic rings. The monoisotopic (exact) mass is 235 g/mol. The molecule has 0 radical (unpaired) electrons. The summed E-state index contributed by atoms with van der Waals surface area (Å²) in [5, 5.41) is 2.84. The van der Waals surface area contributed by atoms with Crippen LogP contribution in [0.1, 0.15) is 23.5 Å². The number of carbonyl (C=O) groups is 1. The average Bonchev–Trinajstić information content (AvgIpc) is 2.76. The Balaban J connectivity index is 2.37. The van der Waals surface area contributed by atoms with E-state index in [0.29, 0.717) is 13.0 Å². The van der Waals surface area contributed by atoms with Crippen molar-refractivity contribution in [3.05, 3.63) is 23.3 Å². The molecule has 1 amide bonds.